The Morgan fingerprint density at radius 3 is 2.80 bits per heavy atom. The molecule has 80 valence electrons. The van der Waals surface area contributed by atoms with Crippen molar-refractivity contribution >= 4 is 5.97 Å². The number of nitrogens with one attached hydrogen (secondary N) is 1. The predicted molar refractivity (Wildman–Crippen MR) is 54.9 cm³/mol. The van der Waals surface area contributed by atoms with Crippen LogP contribution in [0.1, 0.15) is 6.42 Å². The Kier molecular flexibility index (Phi) is 2.87. The van der Waals surface area contributed by atoms with E-state index in [-0.39, 0.29) is 6.10 Å². The number of para-hydroxylation sites is 1. The highest BCUT2D eigenvalue weighted by Crippen LogP contribution is 2.17. The molecule has 4 heteroatoms. The van der Waals surface area contributed by atoms with Crippen molar-refractivity contribution in [3.8, 4) is 5.75 Å². The molecule has 2 rings (SSSR count). The average Bonchev–Trinajstić information content (AvgIpc) is 2.67. The highest BCUT2D eigenvalue weighted by Gasteiger charge is 2.34. The number of hydrogen-bond donors (Lipinski definition) is 2. The van der Waals surface area contributed by atoms with Crippen molar-refractivity contribution in [3.05, 3.63) is 30.3 Å². The van der Waals surface area contributed by atoms with Gasteiger partial charge in [-0.25, -0.2) is 0 Å². The van der Waals surface area contributed by atoms with E-state index in [1.54, 1.807) is 0 Å². The van der Waals surface area contributed by atoms with Crippen LogP contribution in [0.4, 0.5) is 0 Å². The van der Waals surface area contributed by atoms with Crippen LogP contribution in [0.3, 0.4) is 0 Å². The SMILES string of the molecule is O=C(O)[C@H]1NCCC1Oc1ccccc1. The molecular formula is C11H13NO3. The van der Waals surface area contributed by atoms with Gasteiger partial charge < -0.3 is 15.2 Å². The zero-order valence-corrected chi connectivity index (χ0v) is 8.22. The van der Waals surface area contributed by atoms with E-state index in [2.05, 4.69) is 5.32 Å². The summed E-state index contributed by atoms with van der Waals surface area (Å²) in [7, 11) is 0. The molecule has 1 aliphatic rings. The third-order valence-electron chi connectivity index (χ3n) is 2.46. The molecule has 0 bridgehead atoms. The lowest BCUT2D eigenvalue weighted by Crippen LogP contribution is -2.41. The van der Waals surface area contributed by atoms with Crippen molar-refractivity contribution < 1.29 is 14.6 Å². The fraction of sp³-hybridized carbons (Fsp3) is 0.364. The number of ether oxygens (including phenoxy) is 1. The summed E-state index contributed by atoms with van der Waals surface area (Å²) in [5.41, 5.74) is 0. The fourth-order valence-electron chi connectivity index (χ4n) is 1.73. The normalized spacial score (nSPS) is 25.1. The first-order chi connectivity index (χ1) is 7.27. The first-order valence-electron chi connectivity index (χ1n) is 4.95. The summed E-state index contributed by atoms with van der Waals surface area (Å²) in [5, 5.41) is 11.8. The second-order valence-electron chi connectivity index (χ2n) is 3.53. The number of carbonyl (C=O) groups is 1. The zero-order valence-electron chi connectivity index (χ0n) is 8.22. The standard InChI is InChI=1S/C11H13NO3/c13-11(14)10-9(6-7-12-10)15-8-4-2-1-3-5-8/h1-5,9-10,12H,6-7H2,(H,13,14)/t9?,10-/m0/s1. The van der Waals surface area contributed by atoms with Gasteiger partial charge in [0.2, 0.25) is 0 Å². The molecule has 0 aliphatic carbocycles. The lowest BCUT2D eigenvalue weighted by Gasteiger charge is -2.17. The van der Waals surface area contributed by atoms with Gasteiger partial charge in [-0.05, 0) is 25.1 Å². The molecule has 1 fully saturated rings. The number of benzene rings is 1. The van der Waals surface area contributed by atoms with Crippen molar-refractivity contribution in [2.45, 2.75) is 18.6 Å². The highest BCUT2D eigenvalue weighted by atomic mass is 16.5. The van der Waals surface area contributed by atoms with E-state index in [1.807, 2.05) is 30.3 Å². The van der Waals surface area contributed by atoms with Crippen LogP contribution in [-0.2, 0) is 4.79 Å². The molecule has 0 spiro atoms. The summed E-state index contributed by atoms with van der Waals surface area (Å²) < 4.78 is 5.61. The van der Waals surface area contributed by atoms with Crippen LogP contribution in [0, 0.1) is 0 Å². The quantitative estimate of drug-likeness (QED) is 0.772. The zero-order chi connectivity index (χ0) is 10.7. The van der Waals surface area contributed by atoms with Crippen molar-refractivity contribution in [1.29, 1.82) is 0 Å². The molecule has 1 aliphatic heterocycles. The Balaban J connectivity index is 2.03. The maximum absolute atomic E-state index is 10.9. The lowest BCUT2D eigenvalue weighted by atomic mass is 10.2. The Labute approximate surface area is 87.9 Å². The minimum Gasteiger partial charge on any atom is -0.488 e. The lowest BCUT2D eigenvalue weighted by molar-refractivity contribution is -0.140. The smallest absolute Gasteiger partial charge is 0.324 e. The molecule has 1 heterocycles. The molecule has 0 radical (unpaired) electrons. The predicted octanol–water partition coefficient (Wildman–Crippen LogP) is 0.880. The first kappa shape index (κ1) is 9.98. The van der Waals surface area contributed by atoms with Crippen LogP contribution in [-0.4, -0.2) is 29.8 Å². The van der Waals surface area contributed by atoms with Gasteiger partial charge in [0.1, 0.15) is 17.9 Å². The van der Waals surface area contributed by atoms with Crippen LogP contribution < -0.4 is 10.1 Å². The molecule has 1 aromatic rings. The van der Waals surface area contributed by atoms with Crippen molar-refractivity contribution in [3.63, 3.8) is 0 Å². The Bertz CT molecular complexity index is 339. The van der Waals surface area contributed by atoms with Crippen molar-refractivity contribution in [2.75, 3.05) is 6.54 Å². The fourth-order valence-corrected chi connectivity index (χ4v) is 1.73. The largest absolute Gasteiger partial charge is 0.488 e. The third kappa shape index (κ3) is 2.27. The average molecular weight is 207 g/mol. The number of carboxylic acid groups (broad SMARTS) is 1. The van der Waals surface area contributed by atoms with Crippen LogP contribution in [0.2, 0.25) is 0 Å². The molecule has 0 saturated carbocycles. The third-order valence-corrected chi connectivity index (χ3v) is 2.46. The van der Waals surface area contributed by atoms with Crippen LogP contribution >= 0.6 is 0 Å². The van der Waals surface area contributed by atoms with E-state index in [4.69, 9.17) is 9.84 Å². The summed E-state index contributed by atoms with van der Waals surface area (Å²) in [6.45, 7) is 0.689. The minimum absolute atomic E-state index is 0.273. The van der Waals surface area contributed by atoms with Crippen molar-refractivity contribution in [1.82, 2.24) is 5.32 Å². The summed E-state index contributed by atoms with van der Waals surface area (Å²) >= 11 is 0. The van der Waals surface area contributed by atoms with Gasteiger partial charge >= 0.3 is 5.97 Å². The first-order valence-corrected chi connectivity index (χ1v) is 4.95. The van der Waals surface area contributed by atoms with Gasteiger partial charge in [-0.1, -0.05) is 18.2 Å². The monoisotopic (exact) mass is 207 g/mol. The molecule has 0 amide bonds. The van der Waals surface area contributed by atoms with Gasteiger partial charge in [0.15, 0.2) is 0 Å². The van der Waals surface area contributed by atoms with Gasteiger partial charge in [-0.15, -0.1) is 0 Å². The number of rotatable bonds is 3. The molecule has 2 N–H and O–H groups in total. The molecule has 2 atom stereocenters. The summed E-state index contributed by atoms with van der Waals surface area (Å²) in [4.78, 5) is 10.9. The maximum Gasteiger partial charge on any atom is 0.324 e. The van der Waals surface area contributed by atoms with Gasteiger partial charge in [0.05, 0.1) is 0 Å². The molecule has 0 aromatic heterocycles. The van der Waals surface area contributed by atoms with Gasteiger partial charge in [0.25, 0.3) is 0 Å². The molecular weight excluding hydrogens is 194 g/mol. The Morgan fingerprint density at radius 1 is 1.40 bits per heavy atom. The van der Waals surface area contributed by atoms with E-state index < -0.39 is 12.0 Å². The molecule has 15 heavy (non-hydrogen) atoms. The van der Waals surface area contributed by atoms with E-state index >= 15 is 0 Å². The van der Waals surface area contributed by atoms with E-state index in [1.165, 1.54) is 0 Å². The van der Waals surface area contributed by atoms with E-state index in [0.717, 1.165) is 12.2 Å². The second kappa shape index (κ2) is 4.31. The Morgan fingerprint density at radius 2 is 2.13 bits per heavy atom. The summed E-state index contributed by atoms with van der Waals surface area (Å²) in [6, 6.07) is 8.70. The number of aliphatic carboxylic acids is 1. The molecule has 1 unspecified atom stereocenters. The summed E-state index contributed by atoms with van der Waals surface area (Å²) in [5.74, 6) is -0.133. The molecule has 1 aromatic carbocycles. The second-order valence-corrected chi connectivity index (χ2v) is 3.53. The maximum atomic E-state index is 10.9. The van der Waals surface area contributed by atoms with Gasteiger partial charge in [-0.3, -0.25) is 4.79 Å². The van der Waals surface area contributed by atoms with Gasteiger partial charge in [0, 0.05) is 0 Å². The van der Waals surface area contributed by atoms with Crippen LogP contribution in [0.15, 0.2) is 30.3 Å². The number of hydrogen-bond acceptors (Lipinski definition) is 3. The Hall–Kier alpha value is -1.55. The highest BCUT2D eigenvalue weighted by molar-refractivity contribution is 5.74. The van der Waals surface area contributed by atoms with Gasteiger partial charge in [-0.2, -0.15) is 0 Å². The molecule has 1 saturated heterocycles. The topological polar surface area (TPSA) is 58.6 Å². The number of carboxylic acids is 1. The minimum atomic E-state index is -0.853. The van der Waals surface area contributed by atoms with Crippen LogP contribution in [0.25, 0.3) is 0 Å². The van der Waals surface area contributed by atoms with Crippen molar-refractivity contribution in [2.24, 2.45) is 0 Å². The molecule has 4 nitrogen and oxygen atoms in total. The van der Waals surface area contributed by atoms with E-state index in [0.29, 0.717) is 6.54 Å². The van der Waals surface area contributed by atoms with Crippen LogP contribution in [0.5, 0.6) is 5.75 Å². The summed E-state index contributed by atoms with van der Waals surface area (Å²) in [6.07, 6.45) is 0.455. The van der Waals surface area contributed by atoms with E-state index in [9.17, 15) is 4.79 Å².